The number of nitrogen functional groups attached to an aromatic ring is 1. The summed E-state index contributed by atoms with van der Waals surface area (Å²) in [6, 6.07) is 10.4. The van der Waals surface area contributed by atoms with Crippen molar-refractivity contribution in [2.75, 3.05) is 5.73 Å². The Bertz CT molecular complexity index is 760. The van der Waals surface area contributed by atoms with Crippen LogP contribution in [0.4, 0.5) is 5.82 Å². The summed E-state index contributed by atoms with van der Waals surface area (Å²) in [6.07, 6.45) is 0. The van der Waals surface area contributed by atoms with Crippen molar-refractivity contribution in [1.82, 2.24) is 9.78 Å². The molecule has 20 heavy (non-hydrogen) atoms. The van der Waals surface area contributed by atoms with Crippen LogP contribution in [-0.4, -0.2) is 9.78 Å². The van der Waals surface area contributed by atoms with E-state index in [0.29, 0.717) is 5.82 Å². The van der Waals surface area contributed by atoms with Gasteiger partial charge in [-0.05, 0) is 30.0 Å². The molecule has 3 rings (SSSR count). The highest BCUT2D eigenvalue weighted by Gasteiger charge is 2.19. The zero-order valence-corrected chi connectivity index (χ0v) is 13.6. The average molecular weight is 348 g/mol. The van der Waals surface area contributed by atoms with Crippen LogP contribution in [0.1, 0.15) is 5.56 Å². The minimum absolute atomic E-state index is 0.690. The number of nitrogens with zero attached hydrogens (tertiary/aromatic N) is 2. The standard InChI is InChI=1S/C15H14BrN3S/c1-9-5-6-10(11(16)8-9)14-13(12-4-3-7-20-12)15(17)19(2)18-14/h3-8H,17H2,1-2H3. The molecule has 0 amide bonds. The summed E-state index contributed by atoms with van der Waals surface area (Å²) < 4.78 is 2.77. The maximum atomic E-state index is 6.20. The van der Waals surface area contributed by atoms with Crippen molar-refractivity contribution in [1.29, 1.82) is 0 Å². The van der Waals surface area contributed by atoms with Crippen molar-refractivity contribution in [3.63, 3.8) is 0 Å². The van der Waals surface area contributed by atoms with Gasteiger partial charge in [0.2, 0.25) is 0 Å². The number of aromatic nitrogens is 2. The zero-order chi connectivity index (χ0) is 14.3. The number of nitrogens with two attached hydrogens (primary N) is 1. The van der Waals surface area contributed by atoms with Crippen LogP contribution in [0.2, 0.25) is 0 Å². The molecule has 3 aromatic rings. The lowest BCUT2D eigenvalue weighted by Crippen LogP contribution is -1.97. The van der Waals surface area contributed by atoms with E-state index in [2.05, 4.69) is 57.6 Å². The third-order valence-corrected chi connectivity index (χ3v) is 4.78. The van der Waals surface area contributed by atoms with E-state index < -0.39 is 0 Å². The molecule has 0 aliphatic heterocycles. The second kappa shape index (κ2) is 5.07. The average Bonchev–Trinajstić information content (AvgIpc) is 2.99. The van der Waals surface area contributed by atoms with Gasteiger partial charge in [0, 0.05) is 22.0 Å². The minimum Gasteiger partial charge on any atom is -0.383 e. The largest absolute Gasteiger partial charge is 0.383 e. The fraction of sp³-hybridized carbons (Fsp3) is 0.133. The van der Waals surface area contributed by atoms with Crippen LogP contribution in [0.15, 0.2) is 40.2 Å². The zero-order valence-electron chi connectivity index (χ0n) is 11.2. The van der Waals surface area contributed by atoms with Crippen LogP contribution in [0.3, 0.4) is 0 Å². The quantitative estimate of drug-likeness (QED) is 0.743. The van der Waals surface area contributed by atoms with Crippen LogP contribution in [0.25, 0.3) is 21.7 Å². The molecular formula is C15H14BrN3S. The molecule has 5 heteroatoms. The molecule has 2 heterocycles. The van der Waals surface area contributed by atoms with Crippen LogP contribution < -0.4 is 5.73 Å². The van der Waals surface area contributed by atoms with Gasteiger partial charge in [-0.1, -0.05) is 34.1 Å². The molecule has 2 aromatic heterocycles. The highest BCUT2D eigenvalue weighted by molar-refractivity contribution is 9.10. The summed E-state index contributed by atoms with van der Waals surface area (Å²) in [5.41, 5.74) is 10.4. The summed E-state index contributed by atoms with van der Waals surface area (Å²) in [5, 5.41) is 6.65. The van der Waals surface area contributed by atoms with Crippen molar-refractivity contribution >= 4 is 33.1 Å². The van der Waals surface area contributed by atoms with Crippen LogP contribution in [0, 0.1) is 6.92 Å². The van der Waals surface area contributed by atoms with E-state index in [0.717, 1.165) is 26.2 Å². The monoisotopic (exact) mass is 347 g/mol. The van der Waals surface area contributed by atoms with Crippen LogP contribution in [-0.2, 0) is 7.05 Å². The van der Waals surface area contributed by atoms with Gasteiger partial charge in [0.05, 0.1) is 5.56 Å². The van der Waals surface area contributed by atoms with E-state index in [4.69, 9.17) is 5.73 Å². The first kappa shape index (κ1) is 13.4. The topological polar surface area (TPSA) is 43.8 Å². The highest BCUT2D eigenvalue weighted by atomic mass is 79.9. The van der Waals surface area contributed by atoms with Crippen molar-refractivity contribution in [3.8, 4) is 21.7 Å². The molecule has 0 radical (unpaired) electrons. The molecule has 0 aliphatic carbocycles. The van der Waals surface area contributed by atoms with Gasteiger partial charge in [-0.2, -0.15) is 5.10 Å². The summed E-state index contributed by atoms with van der Waals surface area (Å²) in [4.78, 5) is 1.14. The van der Waals surface area contributed by atoms with Gasteiger partial charge in [0.25, 0.3) is 0 Å². The van der Waals surface area contributed by atoms with Gasteiger partial charge in [0.15, 0.2) is 0 Å². The number of anilines is 1. The molecule has 3 nitrogen and oxygen atoms in total. The number of benzene rings is 1. The molecule has 0 fully saturated rings. The van der Waals surface area contributed by atoms with Gasteiger partial charge in [0.1, 0.15) is 11.5 Å². The Hall–Kier alpha value is -1.59. The normalized spacial score (nSPS) is 10.9. The van der Waals surface area contributed by atoms with Gasteiger partial charge < -0.3 is 5.73 Å². The predicted octanol–water partition coefficient (Wildman–Crippen LogP) is 4.47. The number of rotatable bonds is 2. The molecule has 0 saturated heterocycles. The van der Waals surface area contributed by atoms with Gasteiger partial charge in [-0.3, -0.25) is 4.68 Å². The minimum atomic E-state index is 0.690. The second-order valence-electron chi connectivity index (χ2n) is 4.69. The Morgan fingerprint density at radius 3 is 2.75 bits per heavy atom. The van der Waals surface area contributed by atoms with E-state index in [1.165, 1.54) is 5.56 Å². The van der Waals surface area contributed by atoms with E-state index in [-0.39, 0.29) is 0 Å². The number of hydrogen-bond acceptors (Lipinski definition) is 3. The summed E-state index contributed by atoms with van der Waals surface area (Å²) in [5.74, 6) is 0.690. The number of hydrogen-bond donors (Lipinski definition) is 1. The number of aryl methyl sites for hydroxylation is 2. The predicted molar refractivity (Wildman–Crippen MR) is 88.8 cm³/mol. The third-order valence-electron chi connectivity index (χ3n) is 3.24. The fourth-order valence-corrected chi connectivity index (χ4v) is 3.66. The van der Waals surface area contributed by atoms with E-state index >= 15 is 0 Å². The Labute approximate surface area is 130 Å². The molecule has 0 spiro atoms. The molecule has 0 atom stereocenters. The smallest absolute Gasteiger partial charge is 0.130 e. The summed E-state index contributed by atoms with van der Waals surface area (Å²) in [7, 11) is 1.87. The van der Waals surface area contributed by atoms with E-state index in [9.17, 15) is 0 Å². The first-order valence-corrected chi connectivity index (χ1v) is 7.88. The Morgan fingerprint density at radius 2 is 2.10 bits per heavy atom. The molecule has 0 bridgehead atoms. The van der Waals surface area contributed by atoms with Crippen LogP contribution in [0.5, 0.6) is 0 Å². The first-order valence-electron chi connectivity index (χ1n) is 6.21. The van der Waals surface area contributed by atoms with Crippen molar-refractivity contribution in [3.05, 3.63) is 45.7 Å². The summed E-state index contributed by atoms with van der Waals surface area (Å²) >= 11 is 5.30. The van der Waals surface area contributed by atoms with E-state index in [1.807, 2.05) is 13.1 Å². The van der Waals surface area contributed by atoms with Crippen molar-refractivity contribution in [2.24, 2.45) is 7.05 Å². The number of thiophene rings is 1. The maximum Gasteiger partial charge on any atom is 0.130 e. The third kappa shape index (κ3) is 2.17. The van der Waals surface area contributed by atoms with Crippen LogP contribution >= 0.6 is 27.3 Å². The van der Waals surface area contributed by atoms with E-state index in [1.54, 1.807) is 16.0 Å². The lowest BCUT2D eigenvalue weighted by molar-refractivity contribution is 0.782. The lowest BCUT2D eigenvalue weighted by atomic mass is 10.0. The molecule has 2 N–H and O–H groups in total. The summed E-state index contributed by atoms with van der Waals surface area (Å²) in [6.45, 7) is 2.07. The van der Waals surface area contributed by atoms with Crippen molar-refractivity contribution < 1.29 is 0 Å². The second-order valence-corrected chi connectivity index (χ2v) is 6.50. The first-order chi connectivity index (χ1) is 9.58. The Morgan fingerprint density at radius 1 is 1.30 bits per heavy atom. The Kier molecular flexibility index (Phi) is 3.40. The molecule has 102 valence electrons. The molecular weight excluding hydrogens is 334 g/mol. The molecule has 1 aromatic carbocycles. The number of halogens is 1. The molecule has 0 aliphatic rings. The van der Waals surface area contributed by atoms with Gasteiger partial charge in [-0.25, -0.2) is 0 Å². The van der Waals surface area contributed by atoms with Gasteiger partial charge >= 0.3 is 0 Å². The fourth-order valence-electron chi connectivity index (χ4n) is 2.20. The van der Waals surface area contributed by atoms with Crippen molar-refractivity contribution in [2.45, 2.75) is 6.92 Å². The lowest BCUT2D eigenvalue weighted by Gasteiger charge is -2.05. The SMILES string of the molecule is Cc1ccc(-c2nn(C)c(N)c2-c2cccs2)c(Br)c1. The molecule has 0 saturated carbocycles. The Balaban J connectivity index is 2.27. The highest BCUT2D eigenvalue weighted by Crippen LogP contribution is 2.40. The maximum absolute atomic E-state index is 6.20. The van der Waals surface area contributed by atoms with Gasteiger partial charge in [-0.15, -0.1) is 11.3 Å². The molecule has 0 unspecified atom stereocenters.